The van der Waals surface area contributed by atoms with Crippen molar-refractivity contribution in [1.82, 2.24) is 10.2 Å². The lowest BCUT2D eigenvalue weighted by molar-refractivity contribution is -0.146. The number of nitrogens with one attached hydrogen (secondary N) is 1. The first-order valence-corrected chi connectivity index (χ1v) is 18.9. The Morgan fingerprint density at radius 3 is 1.38 bits per heavy atom. The fourth-order valence-electron chi connectivity index (χ4n) is 5.06. The minimum Gasteiger partial charge on any atom is -0.465 e. The van der Waals surface area contributed by atoms with Gasteiger partial charge in [-0.25, -0.2) is 14.4 Å². The van der Waals surface area contributed by atoms with Gasteiger partial charge in [0.15, 0.2) is 0 Å². The van der Waals surface area contributed by atoms with Crippen molar-refractivity contribution in [2.45, 2.75) is 194 Å². The fraction of sp³-hybridized carbons (Fsp3) is 0.919. The molecule has 8 heteroatoms. The summed E-state index contributed by atoms with van der Waals surface area (Å²) < 4.78 is 10.5. The Balaban J connectivity index is 0. The number of rotatable bonds is 30. The van der Waals surface area contributed by atoms with E-state index in [1.165, 1.54) is 109 Å². The number of carbonyl (C=O) groups is 3. The fourth-order valence-corrected chi connectivity index (χ4v) is 5.06. The van der Waals surface area contributed by atoms with E-state index in [0.29, 0.717) is 19.6 Å². The number of nitrogens with zero attached hydrogens (tertiary/aromatic N) is 1. The first-order valence-electron chi connectivity index (χ1n) is 18.9. The zero-order valence-corrected chi connectivity index (χ0v) is 30.3. The lowest BCUT2D eigenvalue weighted by atomic mass is 10.1. The number of esters is 1. The third-order valence-corrected chi connectivity index (χ3v) is 8.05. The summed E-state index contributed by atoms with van der Waals surface area (Å²) in [5, 5.41) is 11.1. The van der Waals surface area contributed by atoms with Gasteiger partial charge in [0, 0.05) is 13.6 Å². The van der Waals surface area contributed by atoms with Crippen molar-refractivity contribution in [3.63, 3.8) is 0 Å². The Kier molecular flexibility index (Phi) is 36.6. The number of carbonyl (C=O) groups excluding carboxylic acids is 2. The molecule has 0 saturated heterocycles. The van der Waals surface area contributed by atoms with E-state index in [1.807, 2.05) is 7.05 Å². The maximum Gasteiger partial charge on any atom is 0.409 e. The number of hydrogen-bond acceptors (Lipinski definition) is 5. The summed E-state index contributed by atoms with van der Waals surface area (Å²) >= 11 is 0. The van der Waals surface area contributed by atoms with Crippen LogP contribution in [-0.2, 0) is 14.3 Å². The van der Waals surface area contributed by atoms with Crippen molar-refractivity contribution in [2.75, 3.05) is 26.8 Å². The second-order valence-corrected chi connectivity index (χ2v) is 12.6. The molecule has 2 amide bonds. The van der Waals surface area contributed by atoms with Crippen LogP contribution < -0.4 is 5.32 Å². The van der Waals surface area contributed by atoms with Gasteiger partial charge in [0.1, 0.15) is 6.04 Å². The Hall–Kier alpha value is -1.99. The molecule has 45 heavy (non-hydrogen) atoms. The minimum absolute atomic E-state index is 0.161. The topological polar surface area (TPSA) is 105 Å². The lowest BCUT2D eigenvalue weighted by Gasteiger charge is -2.16. The Morgan fingerprint density at radius 1 is 0.556 bits per heavy atom. The Bertz CT molecular complexity index is 661. The van der Waals surface area contributed by atoms with Crippen molar-refractivity contribution in [3.8, 4) is 0 Å². The van der Waals surface area contributed by atoms with Crippen LogP contribution in [0.15, 0.2) is 0 Å². The summed E-state index contributed by atoms with van der Waals surface area (Å²) in [5.41, 5.74) is 0. The maximum absolute atomic E-state index is 12.0. The van der Waals surface area contributed by atoms with E-state index in [-0.39, 0.29) is 6.09 Å². The van der Waals surface area contributed by atoms with Crippen LogP contribution in [-0.4, -0.2) is 61.0 Å². The van der Waals surface area contributed by atoms with Crippen LogP contribution in [0.2, 0.25) is 0 Å². The first kappa shape index (κ1) is 45.1. The molecule has 0 aromatic carbocycles. The molecule has 1 unspecified atom stereocenters. The molecule has 0 rings (SSSR count). The van der Waals surface area contributed by atoms with Crippen LogP contribution in [0.1, 0.15) is 188 Å². The SMILES string of the molecule is CCCCCCCCCCCOC(=O)C(CCCCC)NC(=O)O.CCCCCCCCCCCOC(=O)N(C)CCCCC. The molecular formula is C37H74N2O6. The highest BCUT2D eigenvalue weighted by Gasteiger charge is 2.21. The van der Waals surface area contributed by atoms with Gasteiger partial charge in [0.25, 0.3) is 0 Å². The molecule has 0 aromatic rings. The molecule has 0 aromatic heterocycles. The van der Waals surface area contributed by atoms with Crippen molar-refractivity contribution in [2.24, 2.45) is 0 Å². The molecule has 0 aliphatic heterocycles. The monoisotopic (exact) mass is 643 g/mol. The predicted molar refractivity (Wildman–Crippen MR) is 188 cm³/mol. The van der Waals surface area contributed by atoms with Crippen molar-refractivity contribution in [3.05, 3.63) is 0 Å². The predicted octanol–water partition coefficient (Wildman–Crippen LogP) is 11.1. The highest BCUT2D eigenvalue weighted by molar-refractivity contribution is 5.80. The summed E-state index contributed by atoms with van der Waals surface area (Å²) in [7, 11) is 1.83. The summed E-state index contributed by atoms with van der Waals surface area (Å²) in [6.45, 7) is 10.5. The van der Waals surface area contributed by atoms with E-state index in [1.54, 1.807) is 4.90 Å². The van der Waals surface area contributed by atoms with Gasteiger partial charge >= 0.3 is 18.2 Å². The van der Waals surface area contributed by atoms with Crippen LogP contribution in [0.25, 0.3) is 0 Å². The Labute approximate surface area is 278 Å². The van der Waals surface area contributed by atoms with Crippen LogP contribution in [0.5, 0.6) is 0 Å². The van der Waals surface area contributed by atoms with Crippen molar-refractivity contribution >= 4 is 18.2 Å². The standard InChI is InChI=1S/C19H37NO4.C18H37NO2/c1-3-5-7-8-9-10-11-12-14-16-24-18(21)17(20-19(22)23)15-13-6-4-2;1-4-6-8-9-10-11-12-13-15-17-21-18(20)19(3)16-14-7-5-2/h17,20H,3-16H2,1-2H3,(H,22,23);4-17H2,1-3H3. The zero-order chi connectivity index (χ0) is 33.8. The van der Waals surface area contributed by atoms with Crippen LogP contribution in [0, 0.1) is 0 Å². The van der Waals surface area contributed by atoms with Gasteiger partial charge in [-0.2, -0.15) is 0 Å². The first-order chi connectivity index (χ1) is 21.8. The van der Waals surface area contributed by atoms with Crippen molar-refractivity contribution < 1.29 is 29.0 Å². The molecule has 2 N–H and O–H groups in total. The van der Waals surface area contributed by atoms with Gasteiger partial charge in [0.05, 0.1) is 13.2 Å². The average molecular weight is 643 g/mol. The number of amides is 2. The van der Waals surface area contributed by atoms with Crippen molar-refractivity contribution in [1.29, 1.82) is 0 Å². The van der Waals surface area contributed by atoms with Gasteiger partial charge in [-0.05, 0) is 25.7 Å². The van der Waals surface area contributed by atoms with Gasteiger partial charge in [-0.1, -0.05) is 163 Å². The molecule has 0 bridgehead atoms. The van der Waals surface area contributed by atoms with Crippen LogP contribution >= 0.6 is 0 Å². The second kappa shape index (κ2) is 36.5. The molecule has 0 saturated carbocycles. The molecule has 268 valence electrons. The zero-order valence-electron chi connectivity index (χ0n) is 30.3. The summed E-state index contributed by atoms with van der Waals surface area (Å²) in [5.74, 6) is -0.437. The van der Waals surface area contributed by atoms with Gasteiger partial charge in [-0.15, -0.1) is 0 Å². The molecule has 0 radical (unpaired) electrons. The maximum atomic E-state index is 12.0. The second-order valence-electron chi connectivity index (χ2n) is 12.6. The quantitative estimate of drug-likeness (QED) is 0.0596. The molecule has 0 fully saturated rings. The van der Waals surface area contributed by atoms with E-state index in [9.17, 15) is 14.4 Å². The van der Waals surface area contributed by atoms with Gasteiger partial charge < -0.3 is 24.8 Å². The van der Waals surface area contributed by atoms with Gasteiger partial charge in [0.2, 0.25) is 0 Å². The molecule has 0 heterocycles. The third kappa shape index (κ3) is 34.7. The smallest absolute Gasteiger partial charge is 0.409 e. The minimum atomic E-state index is -1.17. The molecule has 0 aliphatic rings. The Morgan fingerprint density at radius 2 is 0.933 bits per heavy atom. The normalized spacial score (nSPS) is 11.3. The van der Waals surface area contributed by atoms with E-state index in [0.717, 1.165) is 51.5 Å². The van der Waals surface area contributed by atoms with E-state index in [2.05, 4.69) is 33.0 Å². The molecular weight excluding hydrogens is 568 g/mol. The van der Waals surface area contributed by atoms with E-state index < -0.39 is 18.1 Å². The molecule has 0 spiro atoms. The largest absolute Gasteiger partial charge is 0.465 e. The summed E-state index contributed by atoms with van der Waals surface area (Å²) in [6, 6.07) is -0.729. The van der Waals surface area contributed by atoms with Crippen LogP contribution in [0.3, 0.4) is 0 Å². The average Bonchev–Trinajstić information content (AvgIpc) is 3.02. The van der Waals surface area contributed by atoms with Crippen LogP contribution in [0.4, 0.5) is 9.59 Å². The molecule has 0 aliphatic carbocycles. The molecule has 1 atom stereocenters. The number of hydrogen-bond donors (Lipinski definition) is 2. The number of unbranched alkanes of at least 4 members (excludes halogenated alkanes) is 20. The summed E-state index contributed by atoms with van der Waals surface area (Å²) in [6.07, 6.45) is 28.0. The highest BCUT2D eigenvalue weighted by atomic mass is 16.6. The number of carboxylic acid groups (broad SMARTS) is 1. The highest BCUT2D eigenvalue weighted by Crippen LogP contribution is 2.11. The van der Waals surface area contributed by atoms with E-state index >= 15 is 0 Å². The van der Waals surface area contributed by atoms with Gasteiger partial charge in [-0.3, -0.25) is 0 Å². The summed E-state index contributed by atoms with van der Waals surface area (Å²) in [4.78, 5) is 36.1. The van der Waals surface area contributed by atoms with E-state index in [4.69, 9.17) is 14.6 Å². The molecule has 8 nitrogen and oxygen atoms in total. The third-order valence-electron chi connectivity index (χ3n) is 8.05. The number of ether oxygens (including phenoxy) is 2. The lowest BCUT2D eigenvalue weighted by Crippen LogP contribution is -2.41.